The molecule has 5 aromatic rings. The molecule has 0 saturated heterocycles. The van der Waals surface area contributed by atoms with E-state index < -0.39 is 79.8 Å². The molecule has 0 aromatic heterocycles. The molecule has 0 unspecified atom stereocenters. The Hall–Kier alpha value is -4.01. The quantitative estimate of drug-likeness (QED) is 0.132. The topological polar surface area (TPSA) is 0 Å². The molecular weight excluding hydrogens is 483 g/mol. The van der Waals surface area contributed by atoms with E-state index in [0.717, 1.165) is 18.2 Å². The third-order valence-electron chi connectivity index (χ3n) is 5.67. The Morgan fingerprint density at radius 1 is 0.371 bits per heavy atom. The van der Waals surface area contributed by atoms with Crippen LogP contribution in [0.15, 0.2) is 54.6 Å². The second-order valence-electron chi connectivity index (χ2n) is 7.73. The van der Waals surface area contributed by atoms with Crippen molar-refractivity contribution >= 4 is 21.5 Å². The summed E-state index contributed by atoms with van der Waals surface area (Å²) in [7, 11) is 0. The summed E-state index contributed by atoms with van der Waals surface area (Å²) in [6, 6.07) is 6.41. The van der Waals surface area contributed by atoms with Crippen molar-refractivity contribution in [2.45, 2.75) is 0 Å². The maximum absolute atomic E-state index is 15.2. The van der Waals surface area contributed by atoms with Crippen LogP contribution in [0.1, 0.15) is 0 Å². The van der Waals surface area contributed by atoms with Gasteiger partial charge in [-0.2, -0.15) is 0 Å². The minimum Gasteiger partial charge on any atom is -0.207 e. The summed E-state index contributed by atoms with van der Waals surface area (Å²) in [6.07, 6.45) is 0. The average Bonchev–Trinajstić information content (AvgIpc) is 2.81. The van der Waals surface area contributed by atoms with Gasteiger partial charge in [0.15, 0.2) is 34.9 Å². The Morgan fingerprint density at radius 2 is 0.771 bits per heavy atom. The fraction of sp³-hybridized carbons (Fsp3) is 0. The second kappa shape index (κ2) is 8.04. The van der Waals surface area contributed by atoms with Gasteiger partial charge in [-0.05, 0) is 70.4 Å². The Balaban J connectivity index is 2.08. The first-order valence-electron chi connectivity index (χ1n) is 9.91. The molecule has 0 saturated carbocycles. The Morgan fingerprint density at radius 3 is 1.20 bits per heavy atom. The molecule has 5 rings (SSSR count). The van der Waals surface area contributed by atoms with Gasteiger partial charge in [0, 0.05) is 21.9 Å². The van der Waals surface area contributed by atoms with Gasteiger partial charge in [-0.15, -0.1) is 0 Å². The summed E-state index contributed by atoms with van der Waals surface area (Å²) in [5.41, 5.74) is -1.57. The van der Waals surface area contributed by atoms with Crippen LogP contribution in [-0.4, -0.2) is 0 Å². The number of benzene rings is 5. The molecular formula is C26H9F9. The van der Waals surface area contributed by atoms with Crippen molar-refractivity contribution in [3.63, 3.8) is 0 Å². The van der Waals surface area contributed by atoms with Crippen LogP contribution in [0.3, 0.4) is 0 Å². The zero-order valence-electron chi connectivity index (χ0n) is 17.1. The first kappa shape index (κ1) is 22.8. The maximum Gasteiger partial charge on any atom is 0.194 e. The highest BCUT2D eigenvalue weighted by molar-refractivity contribution is 6.21. The van der Waals surface area contributed by atoms with Crippen LogP contribution >= 0.6 is 0 Å². The summed E-state index contributed by atoms with van der Waals surface area (Å²) in [4.78, 5) is 0. The molecule has 0 nitrogen and oxygen atoms in total. The van der Waals surface area contributed by atoms with Gasteiger partial charge in [-0.1, -0.05) is 6.07 Å². The molecule has 0 atom stereocenters. The van der Waals surface area contributed by atoms with E-state index in [1.54, 1.807) is 0 Å². The highest BCUT2D eigenvalue weighted by Crippen LogP contribution is 2.46. The molecule has 0 amide bonds. The highest BCUT2D eigenvalue weighted by atomic mass is 19.2. The molecule has 0 aliphatic heterocycles. The van der Waals surface area contributed by atoms with E-state index in [1.807, 2.05) is 0 Å². The van der Waals surface area contributed by atoms with Crippen LogP contribution in [0.25, 0.3) is 43.8 Å². The van der Waals surface area contributed by atoms with Gasteiger partial charge in [0.05, 0.1) is 0 Å². The van der Waals surface area contributed by atoms with Crippen molar-refractivity contribution in [1.29, 1.82) is 0 Å². The van der Waals surface area contributed by atoms with Crippen LogP contribution in [0, 0.1) is 52.4 Å². The molecule has 5 aromatic carbocycles. The number of hydrogen-bond donors (Lipinski definition) is 0. The zero-order valence-corrected chi connectivity index (χ0v) is 17.1. The smallest absolute Gasteiger partial charge is 0.194 e. The fourth-order valence-electron chi connectivity index (χ4n) is 4.25. The van der Waals surface area contributed by atoms with E-state index in [4.69, 9.17) is 0 Å². The third kappa shape index (κ3) is 3.50. The molecule has 35 heavy (non-hydrogen) atoms. The van der Waals surface area contributed by atoms with Crippen molar-refractivity contribution in [2.24, 2.45) is 0 Å². The van der Waals surface area contributed by atoms with E-state index in [9.17, 15) is 30.7 Å². The van der Waals surface area contributed by atoms with E-state index in [0.29, 0.717) is 36.4 Å². The molecule has 0 fully saturated rings. The molecule has 9 heteroatoms. The standard InChI is InChI=1S/C26H9F9/c27-12-1-2-13-14(9-12)22(11-7-19(32)26(35)20(33)8-11)24-16(29)4-3-15(28)23(24)21(13)10-5-17(30)25(34)18(31)6-10/h1-9H. The lowest BCUT2D eigenvalue weighted by Gasteiger charge is -2.19. The number of halogens is 9. The lowest BCUT2D eigenvalue weighted by Crippen LogP contribution is -1.99. The van der Waals surface area contributed by atoms with Gasteiger partial charge in [0.25, 0.3) is 0 Å². The monoisotopic (exact) mass is 492 g/mol. The zero-order chi connectivity index (χ0) is 25.2. The fourth-order valence-corrected chi connectivity index (χ4v) is 4.25. The van der Waals surface area contributed by atoms with Gasteiger partial charge >= 0.3 is 0 Å². The van der Waals surface area contributed by atoms with Crippen molar-refractivity contribution in [1.82, 2.24) is 0 Å². The number of fused-ring (bicyclic) bond motifs is 2. The predicted octanol–water partition coefficient (Wildman–Crippen LogP) is 8.58. The molecule has 0 spiro atoms. The minimum atomic E-state index is -1.81. The molecule has 0 aliphatic carbocycles. The van der Waals surface area contributed by atoms with Gasteiger partial charge < -0.3 is 0 Å². The molecule has 176 valence electrons. The number of hydrogen-bond acceptors (Lipinski definition) is 0. The summed E-state index contributed by atoms with van der Waals surface area (Å²) in [6.45, 7) is 0. The average molecular weight is 492 g/mol. The second-order valence-corrected chi connectivity index (χ2v) is 7.73. The Labute approximate surface area is 190 Å². The molecule has 0 heterocycles. The van der Waals surface area contributed by atoms with Crippen molar-refractivity contribution < 1.29 is 39.5 Å². The van der Waals surface area contributed by atoms with Crippen LogP contribution in [0.5, 0.6) is 0 Å². The molecule has 0 N–H and O–H groups in total. The highest BCUT2D eigenvalue weighted by Gasteiger charge is 2.25. The molecule has 0 aliphatic rings. The van der Waals surface area contributed by atoms with Gasteiger partial charge in [-0.25, -0.2) is 39.5 Å². The van der Waals surface area contributed by atoms with E-state index in [1.165, 1.54) is 0 Å². The lowest BCUT2D eigenvalue weighted by molar-refractivity contribution is 0.447. The third-order valence-corrected chi connectivity index (χ3v) is 5.67. The first-order chi connectivity index (χ1) is 16.6. The summed E-state index contributed by atoms with van der Waals surface area (Å²) in [5.74, 6) is -13.2. The maximum atomic E-state index is 15.2. The van der Waals surface area contributed by atoms with Gasteiger partial charge in [0.2, 0.25) is 0 Å². The lowest BCUT2D eigenvalue weighted by atomic mass is 9.85. The summed E-state index contributed by atoms with van der Waals surface area (Å²) < 4.78 is 128. The Kier molecular flexibility index (Phi) is 5.23. The SMILES string of the molecule is Fc1ccc2c(-c3cc(F)c(F)c(F)c3)c3c(F)ccc(F)c3c(-c3cc(F)c(F)c(F)c3)c2c1. The van der Waals surface area contributed by atoms with Gasteiger partial charge in [0.1, 0.15) is 17.5 Å². The summed E-state index contributed by atoms with van der Waals surface area (Å²) in [5, 5.41) is -1.52. The normalized spacial score (nSPS) is 11.6. The predicted molar refractivity (Wildman–Crippen MR) is 112 cm³/mol. The van der Waals surface area contributed by atoms with Crippen molar-refractivity contribution in [3.8, 4) is 22.3 Å². The first-order valence-corrected chi connectivity index (χ1v) is 9.91. The van der Waals surface area contributed by atoms with Crippen LogP contribution < -0.4 is 0 Å². The van der Waals surface area contributed by atoms with E-state index in [2.05, 4.69) is 0 Å². The van der Waals surface area contributed by atoms with Gasteiger partial charge in [-0.3, -0.25) is 0 Å². The Bertz CT molecular complexity index is 1640. The van der Waals surface area contributed by atoms with Crippen LogP contribution in [-0.2, 0) is 0 Å². The molecule has 0 radical (unpaired) electrons. The largest absolute Gasteiger partial charge is 0.207 e. The van der Waals surface area contributed by atoms with Crippen molar-refractivity contribution in [3.05, 3.63) is 107 Å². The number of rotatable bonds is 2. The summed E-state index contributed by atoms with van der Waals surface area (Å²) >= 11 is 0. The van der Waals surface area contributed by atoms with Crippen LogP contribution in [0.2, 0.25) is 0 Å². The van der Waals surface area contributed by atoms with Crippen LogP contribution in [0.4, 0.5) is 39.5 Å². The van der Waals surface area contributed by atoms with Crippen molar-refractivity contribution in [2.75, 3.05) is 0 Å². The van der Waals surface area contributed by atoms with E-state index in [-0.39, 0.29) is 16.3 Å². The minimum absolute atomic E-state index is 0.103. The molecule has 0 bridgehead atoms. The van der Waals surface area contributed by atoms with E-state index >= 15 is 8.78 Å².